The Hall–Kier alpha value is -5.08. The van der Waals surface area contributed by atoms with Crippen LogP contribution in [0.25, 0.3) is 44.5 Å². The molecule has 0 bridgehead atoms. The lowest BCUT2D eigenvalue weighted by molar-refractivity contribution is 0.476. The van der Waals surface area contributed by atoms with Crippen LogP contribution in [0.5, 0.6) is 11.5 Å². The van der Waals surface area contributed by atoms with Crippen molar-refractivity contribution in [1.29, 1.82) is 0 Å². The fraction of sp³-hybridized carbons (Fsp3) is 0.182. The number of hydrogen-bond acceptors (Lipinski definition) is 2. The molecule has 0 aliphatic heterocycles. The van der Waals surface area contributed by atoms with Crippen LogP contribution < -0.4 is 0 Å². The third kappa shape index (κ3) is 5.39. The van der Waals surface area contributed by atoms with Gasteiger partial charge in [-0.3, -0.25) is 0 Å². The minimum absolute atomic E-state index is 0.290. The maximum Gasteiger partial charge on any atom is 0.131 e. The number of phenolic OH excluding ortho intramolecular Hbond substituents is 2. The number of phenols is 2. The lowest BCUT2D eigenvalue weighted by Crippen LogP contribution is -2.23. The minimum Gasteiger partial charge on any atom is -0.507 e. The van der Waals surface area contributed by atoms with Crippen LogP contribution in [-0.2, 0) is 5.41 Å². The third-order valence-corrected chi connectivity index (χ3v) is 9.94. The van der Waals surface area contributed by atoms with Gasteiger partial charge in [0.2, 0.25) is 0 Å². The van der Waals surface area contributed by atoms with Crippen LogP contribution in [0.3, 0.4) is 0 Å². The Morgan fingerprint density at radius 2 is 0.652 bits per heavy atom. The van der Waals surface area contributed by atoms with Crippen LogP contribution in [0, 0.1) is 27.7 Å². The first-order valence-electron chi connectivity index (χ1n) is 16.1. The SMILES string of the molecule is CCC(C)(c1cc(-c2ccccc2C)c(O)c(-c2ccccc2C)c1)c1cc(-c2ccccc2C)c(O)c(-c2ccccc2C)c1. The molecule has 6 aromatic rings. The van der Waals surface area contributed by atoms with E-state index in [1.807, 2.05) is 48.5 Å². The molecule has 2 nitrogen and oxygen atoms in total. The number of aromatic hydroxyl groups is 2. The van der Waals surface area contributed by atoms with Crippen LogP contribution in [0.15, 0.2) is 121 Å². The largest absolute Gasteiger partial charge is 0.507 e. The lowest BCUT2D eigenvalue weighted by atomic mass is 9.71. The van der Waals surface area contributed by atoms with Crippen LogP contribution in [0.2, 0.25) is 0 Å². The Bertz CT molecular complexity index is 1790. The summed E-state index contributed by atoms with van der Waals surface area (Å²) in [5.41, 5.74) is 13.6. The van der Waals surface area contributed by atoms with Gasteiger partial charge in [0, 0.05) is 27.7 Å². The number of aryl methyl sites for hydroxylation is 4. The molecule has 0 heterocycles. The Morgan fingerprint density at radius 3 is 0.870 bits per heavy atom. The van der Waals surface area contributed by atoms with Crippen molar-refractivity contribution in [3.8, 4) is 56.0 Å². The average Bonchev–Trinajstić information content (AvgIpc) is 3.06. The van der Waals surface area contributed by atoms with Crippen LogP contribution >= 0.6 is 0 Å². The van der Waals surface area contributed by atoms with Crippen molar-refractivity contribution >= 4 is 0 Å². The van der Waals surface area contributed by atoms with E-state index < -0.39 is 5.41 Å². The van der Waals surface area contributed by atoms with E-state index in [9.17, 15) is 10.2 Å². The summed E-state index contributed by atoms with van der Waals surface area (Å²) >= 11 is 0. The molecule has 2 N–H and O–H groups in total. The quantitative estimate of drug-likeness (QED) is 0.191. The van der Waals surface area contributed by atoms with Crippen LogP contribution in [-0.4, -0.2) is 10.2 Å². The lowest BCUT2D eigenvalue weighted by Gasteiger charge is -2.33. The highest BCUT2D eigenvalue weighted by atomic mass is 16.3. The number of benzene rings is 6. The summed E-state index contributed by atoms with van der Waals surface area (Å²) in [5.74, 6) is 0.579. The van der Waals surface area contributed by atoms with E-state index in [0.717, 1.165) is 84.3 Å². The monoisotopic (exact) mass is 602 g/mol. The highest BCUT2D eigenvalue weighted by Gasteiger charge is 2.32. The summed E-state index contributed by atoms with van der Waals surface area (Å²) < 4.78 is 0. The van der Waals surface area contributed by atoms with E-state index in [-0.39, 0.29) is 11.5 Å². The fourth-order valence-corrected chi connectivity index (χ4v) is 6.80. The predicted molar refractivity (Wildman–Crippen MR) is 194 cm³/mol. The summed E-state index contributed by atoms with van der Waals surface area (Å²) in [7, 11) is 0. The normalized spacial score (nSPS) is 11.5. The Labute approximate surface area is 273 Å². The number of hydrogen-bond donors (Lipinski definition) is 2. The van der Waals surface area contributed by atoms with Crippen molar-refractivity contribution in [2.24, 2.45) is 0 Å². The summed E-state index contributed by atoms with van der Waals surface area (Å²) in [6.45, 7) is 12.9. The van der Waals surface area contributed by atoms with Crippen molar-refractivity contribution in [2.45, 2.75) is 53.4 Å². The Balaban J connectivity index is 1.68. The Morgan fingerprint density at radius 1 is 0.413 bits per heavy atom. The minimum atomic E-state index is -0.453. The van der Waals surface area contributed by atoms with Gasteiger partial charge in [-0.25, -0.2) is 0 Å². The summed E-state index contributed by atoms with van der Waals surface area (Å²) in [5, 5.41) is 23.9. The first kappa shape index (κ1) is 30.9. The van der Waals surface area contributed by atoms with Crippen molar-refractivity contribution in [3.63, 3.8) is 0 Å². The maximum atomic E-state index is 11.9. The van der Waals surface area contributed by atoms with Crippen LogP contribution in [0.4, 0.5) is 0 Å². The first-order valence-corrected chi connectivity index (χ1v) is 16.1. The first-order chi connectivity index (χ1) is 22.1. The average molecular weight is 603 g/mol. The van der Waals surface area contributed by atoms with E-state index in [1.54, 1.807) is 0 Å². The molecule has 0 spiro atoms. The van der Waals surface area contributed by atoms with Crippen molar-refractivity contribution in [2.75, 3.05) is 0 Å². The molecular weight excluding hydrogens is 560 g/mol. The topological polar surface area (TPSA) is 40.5 Å². The van der Waals surface area contributed by atoms with Crippen LogP contribution in [0.1, 0.15) is 53.6 Å². The summed E-state index contributed by atoms with van der Waals surface area (Å²) in [6, 6.07) is 41.7. The molecule has 0 saturated heterocycles. The molecule has 0 aliphatic rings. The van der Waals surface area contributed by atoms with E-state index in [4.69, 9.17) is 0 Å². The van der Waals surface area contributed by atoms with E-state index in [2.05, 4.69) is 114 Å². The smallest absolute Gasteiger partial charge is 0.131 e. The maximum absolute atomic E-state index is 11.9. The second kappa shape index (κ2) is 12.4. The molecule has 6 aromatic carbocycles. The molecule has 230 valence electrons. The molecule has 0 amide bonds. The molecule has 46 heavy (non-hydrogen) atoms. The second-order valence-corrected chi connectivity index (χ2v) is 12.8. The van der Waals surface area contributed by atoms with Gasteiger partial charge in [0.15, 0.2) is 0 Å². The van der Waals surface area contributed by atoms with Gasteiger partial charge in [-0.15, -0.1) is 0 Å². The van der Waals surface area contributed by atoms with E-state index in [1.165, 1.54) is 0 Å². The van der Waals surface area contributed by atoms with Gasteiger partial charge in [-0.2, -0.15) is 0 Å². The molecule has 0 unspecified atom stereocenters. The van der Waals surface area contributed by atoms with Gasteiger partial charge < -0.3 is 10.2 Å². The molecular formula is C44H42O2. The van der Waals surface area contributed by atoms with Gasteiger partial charge in [-0.05, 0) is 114 Å². The van der Waals surface area contributed by atoms with Gasteiger partial charge in [0.05, 0.1) is 0 Å². The summed E-state index contributed by atoms with van der Waals surface area (Å²) in [6.07, 6.45) is 0.809. The summed E-state index contributed by atoms with van der Waals surface area (Å²) in [4.78, 5) is 0. The van der Waals surface area contributed by atoms with Crippen molar-refractivity contribution in [3.05, 3.63) is 155 Å². The standard InChI is InChI=1S/C44H42O2/c1-7-44(6,32-24-38(34-20-12-8-16-28(34)2)42(45)39(25-32)35-21-13-9-17-29(35)3)33-26-40(36-22-14-10-18-30(36)4)43(46)41(27-33)37-23-15-11-19-31(37)5/h8-27,45-46H,7H2,1-6H3. The highest BCUT2D eigenvalue weighted by molar-refractivity contribution is 5.87. The van der Waals surface area contributed by atoms with Gasteiger partial charge in [0.25, 0.3) is 0 Å². The van der Waals surface area contributed by atoms with Gasteiger partial charge in [-0.1, -0.05) is 111 Å². The molecule has 6 rings (SSSR count). The van der Waals surface area contributed by atoms with Crippen molar-refractivity contribution < 1.29 is 10.2 Å². The zero-order chi connectivity index (χ0) is 32.6. The molecule has 0 saturated carbocycles. The zero-order valence-corrected chi connectivity index (χ0v) is 27.6. The molecule has 0 aliphatic carbocycles. The van der Waals surface area contributed by atoms with E-state index >= 15 is 0 Å². The van der Waals surface area contributed by atoms with Gasteiger partial charge in [0.1, 0.15) is 11.5 Å². The molecule has 0 fully saturated rings. The predicted octanol–water partition coefficient (Wildman–Crippen LogP) is 11.7. The molecule has 0 radical (unpaired) electrons. The number of rotatable bonds is 7. The second-order valence-electron chi connectivity index (χ2n) is 12.8. The fourth-order valence-electron chi connectivity index (χ4n) is 6.80. The van der Waals surface area contributed by atoms with Gasteiger partial charge >= 0.3 is 0 Å². The molecule has 0 atom stereocenters. The zero-order valence-electron chi connectivity index (χ0n) is 27.6. The molecule has 2 heteroatoms. The van der Waals surface area contributed by atoms with Crippen molar-refractivity contribution in [1.82, 2.24) is 0 Å². The highest BCUT2D eigenvalue weighted by Crippen LogP contribution is 2.49. The van der Waals surface area contributed by atoms with E-state index in [0.29, 0.717) is 0 Å². The Kier molecular flexibility index (Phi) is 8.32. The molecule has 0 aromatic heterocycles. The third-order valence-electron chi connectivity index (χ3n) is 9.94.